The fourth-order valence-electron chi connectivity index (χ4n) is 2.68. The minimum absolute atomic E-state index is 0.00826. The SMILES string of the molecule is CC(C)(C)OC(=O)NC(CC1CCCCC1)C(=O)NOCCO. The highest BCUT2D eigenvalue weighted by Gasteiger charge is 2.28. The minimum atomic E-state index is -0.702. The fourth-order valence-corrected chi connectivity index (χ4v) is 2.68. The molecule has 0 radical (unpaired) electrons. The Morgan fingerprint density at radius 1 is 1.22 bits per heavy atom. The van der Waals surface area contributed by atoms with Crippen LogP contribution in [0, 0.1) is 5.92 Å². The van der Waals surface area contributed by atoms with E-state index in [-0.39, 0.29) is 13.2 Å². The summed E-state index contributed by atoms with van der Waals surface area (Å²) >= 11 is 0. The Morgan fingerprint density at radius 2 is 1.87 bits per heavy atom. The molecule has 134 valence electrons. The Morgan fingerprint density at radius 3 is 2.43 bits per heavy atom. The first-order valence-corrected chi connectivity index (χ1v) is 8.34. The molecular formula is C16H30N2O5. The molecule has 2 amide bonds. The number of hydrogen-bond acceptors (Lipinski definition) is 5. The number of alkyl carbamates (subject to hydrolysis) is 1. The van der Waals surface area contributed by atoms with Gasteiger partial charge in [-0.3, -0.25) is 9.63 Å². The maximum atomic E-state index is 12.2. The summed E-state index contributed by atoms with van der Waals surface area (Å²) in [5.74, 6) is -0.0119. The van der Waals surface area contributed by atoms with Crippen LogP contribution in [-0.2, 0) is 14.4 Å². The second-order valence-electron chi connectivity index (χ2n) is 6.98. The van der Waals surface area contributed by atoms with E-state index in [0.29, 0.717) is 12.3 Å². The molecule has 1 fully saturated rings. The van der Waals surface area contributed by atoms with Gasteiger partial charge in [0, 0.05) is 0 Å². The molecule has 0 heterocycles. The minimum Gasteiger partial charge on any atom is -0.444 e. The van der Waals surface area contributed by atoms with Gasteiger partial charge in [-0.2, -0.15) is 0 Å². The summed E-state index contributed by atoms with van der Waals surface area (Å²) in [4.78, 5) is 29.0. The molecule has 1 atom stereocenters. The molecule has 1 rings (SSSR count). The molecule has 0 bridgehead atoms. The van der Waals surface area contributed by atoms with Crippen molar-refractivity contribution >= 4 is 12.0 Å². The Labute approximate surface area is 138 Å². The predicted molar refractivity (Wildman–Crippen MR) is 85.5 cm³/mol. The average molecular weight is 330 g/mol. The van der Waals surface area contributed by atoms with E-state index in [0.717, 1.165) is 25.7 Å². The van der Waals surface area contributed by atoms with Gasteiger partial charge in [0.2, 0.25) is 0 Å². The summed E-state index contributed by atoms with van der Waals surface area (Å²) in [5.41, 5.74) is 1.65. The third-order valence-electron chi connectivity index (χ3n) is 3.67. The van der Waals surface area contributed by atoms with E-state index in [1.807, 2.05) is 0 Å². The largest absolute Gasteiger partial charge is 0.444 e. The lowest BCUT2D eigenvalue weighted by molar-refractivity contribution is -0.137. The van der Waals surface area contributed by atoms with Crippen molar-refractivity contribution in [1.29, 1.82) is 0 Å². The zero-order valence-electron chi connectivity index (χ0n) is 14.4. The molecule has 3 N–H and O–H groups in total. The van der Waals surface area contributed by atoms with Crippen LogP contribution in [0.2, 0.25) is 0 Å². The van der Waals surface area contributed by atoms with E-state index >= 15 is 0 Å². The standard InChI is InChI=1S/C16H30N2O5/c1-16(2,3)23-15(21)17-13(14(20)18-22-10-9-19)11-12-7-5-4-6-8-12/h12-13,19H,4-11H2,1-3H3,(H,17,21)(H,18,20). The summed E-state index contributed by atoms with van der Waals surface area (Å²) in [6.07, 6.45) is 5.63. The molecule has 0 saturated heterocycles. The smallest absolute Gasteiger partial charge is 0.408 e. The number of ether oxygens (including phenoxy) is 1. The number of nitrogens with one attached hydrogen (secondary N) is 2. The van der Waals surface area contributed by atoms with E-state index in [2.05, 4.69) is 10.8 Å². The van der Waals surface area contributed by atoms with E-state index in [9.17, 15) is 9.59 Å². The fraction of sp³-hybridized carbons (Fsp3) is 0.875. The normalized spacial score (nSPS) is 17.4. The van der Waals surface area contributed by atoms with Gasteiger partial charge in [-0.25, -0.2) is 10.3 Å². The molecule has 0 spiro atoms. The molecule has 1 aliphatic carbocycles. The van der Waals surface area contributed by atoms with Gasteiger partial charge in [0.1, 0.15) is 11.6 Å². The lowest BCUT2D eigenvalue weighted by atomic mass is 9.84. The van der Waals surface area contributed by atoms with E-state index in [1.165, 1.54) is 6.42 Å². The van der Waals surface area contributed by atoms with Gasteiger partial charge in [0.15, 0.2) is 0 Å². The van der Waals surface area contributed by atoms with Gasteiger partial charge >= 0.3 is 6.09 Å². The van der Waals surface area contributed by atoms with Crippen molar-refractivity contribution in [1.82, 2.24) is 10.8 Å². The molecule has 0 aromatic carbocycles. The van der Waals surface area contributed by atoms with Crippen LogP contribution >= 0.6 is 0 Å². The van der Waals surface area contributed by atoms with Gasteiger partial charge in [-0.05, 0) is 33.1 Å². The van der Waals surface area contributed by atoms with Crippen LogP contribution in [0.15, 0.2) is 0 Å². The topological polar surface area (TPSA) is 96.9 Å². The summed E-state index contributed by atoms with van der Waals surface area (Å²) in [6, 6.07) is -0.702. The Bertz CT molecular complexity index is 375. The highest BCUT2D eigenvalue weighted by molar-refractivity contribution is 5.84. The maximum absolute atomic E-state index is 12.2. The van der Waals surface area contributed by atoms with Crippen LogP contribution < -0.4 is 10.8 Å². The first kappa shape index (κ1) is 19.7. The Hall–Kier alpha value is -1.34. The van der Waals surface area contributed by atoms with Crippen molar-refractivity contribution in [2.75, 3.05) is 13.2 Å². The van der Waals surface area contributed by atoms with Crippen LogP contribution in [0.25, 0.3) is 0 Å². The van der Waals surface area contributed by atoms with Crippen LogP contribution in [0.4, 0.5) is 4.79 Å². The predicted octanol–water partition coefficient (Wildman–Crippen LogP) is 1.89. The summed E-state index contributed by atoms with van der Waals surface area (Å²) < 4.78 is 5.22. The molecule has 1 saturated carbocycles. The summed E-state index contributed by atoms with van der Waals surface area (Å²) in [7, 11) is 0. The molecule has 0 aromatic rings. The number of carbonyl (C=O) groups excluding carboxylic acids is 2. The van der Waals surface area contributed by atoms with Gasteiger partial charge in [0.25, 0.3) is 5.91 Å². The van der Waals surface area contributed by atoms with Crippen molar-refractivity contribution in [3.63, 3.8) is 0 Å². The van der Waals surface area contributed by atoms with Gasteiger partial charge < -0.3 is 15.2 Å². The van der Waals surface area contributed by atoms with E-state index in [1.54, 1.807) is 20.8 Å². The number of aliphatic hydroxyl groups is 1. The zero-order chi connectivity index (χ0) is 17.3. The molecule has 1 aliphatic rings. The molecule has 0 aliphatic heterocycles. The number of rotatable bonds is 7. The first-order chi connectivity index (χ1) is 10.8. The quantitative estimate of drug-likeness (QED) is 0.489. The lowest BCUT2D eigenvalue weighted by Gasteiger charge is -2.27. The second kappa shape index (κ2) is 9.72. The van der Waals surface area contributed by atoms with Crippen LogP contribution in [-0.4, -0.2) is 42.0 Å². The molecule has 7 heteroatoms. The van der Waals surface area contributed by atoms with E-state index in [4.69, 9.17) is 14.7 Å². The van der Waals surface area contributed by atoms with Gasteiger partial charge in [-0.1, -0.05) is 32.1 Å². The summed E-state index contributed by atoms with van der Waals surface area (Å²) in [6.45, 7) is 5.13. The molecule has 23 heavy (non-hydrogen) atoms. The number of aliphatic hydroxyl groups excluding tert-OH is 1. The second-order valence-corrected chi connectivity index (χ2v) is 6.98. The monoisotopic (exact) mass is 330 g/mol. The van der Waals surface area contributed by atoms with Crippen LogP contribution in [0.3, 0.4) is 0 Å². The highest BCUT2D eigenvalue weighted by atomic mass is 16.7. The van der Waals surface area contributed by atoms with Crippen molar-refractivity contribution < 1.29 is 24.3 Å². The van der Waals surface area contributed by atoms with Crippen molar-refractivity contribution in [2.45, 2.75) is 70.9 Å². The molecule has 0 aromatic heterocycles. The zero-order valence-corrected chi connectivity index (χ0v) is 14.4. The van der Waals surface area contributed by atoms with Crippen LogP contribution in [0.5, 0.6) is 0 Å². The Kier molecular flexibility index (Phi) is 8.33. The molecule has 1 unspecified atom stereocenters. The van der Waals surface area contributed by atoms with Gasteiger partial charge in [-0.15, -0.1) is 0 Å². The number of hydroxylamine groups is 1. The summed E-state index contributed by atoms with van der Waals surface area (Å²) in [5, 5.41) is 11.3. The molecule has 7 nitrogen and oxygen atoms in total. The third kappa shape index (κ3) is 8.76. The Balaban J connectivity index is 2.58. The number of carbonyl (C=O) groups is 2. The molecular weight excluding hydrogens is 300 g/mol. The van der Waals surface area contributed by atoms with E-state index < -0.39 is 23.6 Å². The third-order valence-corrected chi connectivity index (χ3v) is 3.67. The lowest BCUT2D eigenvalue weighted by Crippen LogP contribution is -2.49. The number of amides is 2. The number of hydrogen-bond donors (Lipinski definition) is 3. The average Bonchev–Trinajstić information content (AvgIpc) is 2.46. The van der Waals surface area contributed by atoms with Crippen LogP contribution in [0.1, 0.15) is 59.3 Å². The maximum Gasteiger partial charge on any atom is 0.408 e. The van der Waals surface area contributed by atoms with Crippen molar-refractivity contribution in [2.24, 2.45) is 5.92 Å². The van der Waals surface area contributed by atoms with Crippen molar-refractivity contribution in [3.8, 4) is 0 Å². The van der Waals surface area contributed by atoms with Gasteiger partial charge in [0.05, 0.1) is 13.2 Å². The van der Waals surface area contributed by atoms with Crippen molar-refractivity contribution in [3.05, 3.63) is 0 Å². The highest BCUT2D eigenvalue weighted by Crippen LogP contribution is 2.27. The first-order valence-electron chi connectivity index (χ1n) is 8.34.